The molecule has 3 rings (SSSR count). The summed E-state index contributed by atoms with van der Waals surface area (Å²) in [5.41, 5.74) is 1.83. The number of hydrogen-bond acceptors (Lipinski definition) is 3. The molecule has 0 atom stereocenters. The van der Waals surface area contributed by atoms with Gasteiger partial charge in [0.2, 0.25) is 15.9 Å². The zero-order valence-corrected chi connectivity index (χ0v) is 14.5. The molecule has 1 aliphatic carbocycles. The second-order valence-electron chi connectivity index (χ2n) is 6.88. The van der Waals surface area contributed by atoms with Gasteiger partial charge < -0.3 is 4.90 Å². The smallest absolute Gasteiger partial charge is 0.240 e. The van der Waals surface area contributed by atoms with Crippen LogP contribution >= 0.6 is 0 Å². The lowest BCUT2D eigenvalue weighted by Crippen LogP contribution is -2.30. The highest BCUT2D eigenvalue weighted by atomic mass is 32.2. The molecule has 0 saturated heterocycles. The number of carbonyl (C=O) groups is 1. The largest absolute Gasteiger partial charge is 0.312 e. The molecule has 1 aromatic carbocycles. The van der Waals surface area contributed by atoms with E-state index in [1.807, 2.05) is 4.90 Å². The maximum atomic E-state index is 12.4. The van der Waals surface area contributed by atoms with Gasteiger partial charge in [-0.2, -0.15) is 0 Å². The van der Waals surface area contributed by atoms with Gasteiger partial charge in [-0.25, -0.2) is 13.1 Å². The summed E-state index contributed by atoms with van der Waals surface area (Å²) in [5.74, 6) is 0.830. The van der Waals surface area contributed by atoms with Crippen LogP contribution in [0.15, 0.2) is 23.1 Å². The number of nitrogens with one attached hydrogen (secondary N) is 1. The Morgan fingerprint density at radius 1 is 1.35 bits per heavy atom. The lowest BCUT2D eigenvalue weighted by molar-refractivity contribution is -0.119. The predicted molar refractivity (Wildman–Crippen MR) is 89.9 cm³/mol. The molecule has 1 saturated carbocycles. The quantitative estimate of drug-likeness (QED) is 0.867. The van der Waals surface area contributed by atoms with Crippen LogP contribution in [0.25, 0.3) is 0 Å². The van der Waals surface area contributed by atoms with E-state index in [9.17, 15) is 13.2 Å². The number of benzene rings is 1. The molecule has 0 spiro atoms. The van der Waals surface area contributed by atoms with E-state index < -0.39 is 10.0 Å². The van der Waals surface area contributed by atoms with Crippen molar-refractivity contribution >= 4 is 21.6 Å². The molecule has 1 N–H and O–H groups in total. The Bertz CT molecular complexity index is 709. The third-order valence-electron chi connectivity index (χ3n) is 4.46. The molecular weight excluding hydrogens is 312 g/mol. The monoisotopic (exact) mass is 336 g/mol. The van der Waals surface area contributed by atoms with Crippen LogP contribution in [-0.4, -0.2) is 27.4 Å². The Kier molecular flexibility index (Phi) is 4.47. The van der Waals surface area contributed by atoms with Gasteiger partial charge in [0.25, 0.3) is 0 Å². The number of hydrogen-bond donors (Lipinski definition) is 1. The highest BCUT2D eigenvalue weighted by Gasteiger charge is 2.36. The Morgan fingerprint density at radius 2 is 2.09 bits per heavy atom. The van der Waals surface area contributed by atoms with Gasteiger partial charge in [-0.05, 0) is 55.4 Å². The molecule has 0 unspecified atom stereocenters. The zero-order chi connectivity index (χ0) is 16.6. The van der Waals surface area contributed by atoms with Gasteiger partial charge in [-0.15, -0.1) is 0 Å². The molecule has 5 nitrogen and oxygen atoms in total. The summed E-state index contributed by atoms with van der Waals surface area (Å²) in [5, 5.41) is 0. The maximum Gasteiger partial charge on any atom is 0.240 e. The van der Waals surface area contributed by atoms with E-state index in [2.05, 4.69) is 18.6 Å². The van der Waals surface area contributed by atoms with Crippen LogP contribution in [0.2, 0.25) is 0 Å². The molecule has 126 valence electrons. The zero-order valence-electron chi connectivity index (χ0n) is 13.7. The minimum absolute atomic E-state index is 0.182. The number of nitrogens with zero attached hydrogens (tertiary/aromatic N) is 1. The molecule has 0 radical (unpaired) electrons. The summed E-state index contributed by atoms with van der Waals surface area (Å²) in [7, 11) is -3.47. The third-order valence-corrected chi connectivity index (χ3v) is 5.92. The number of rotatable bonds is 6. The normalized spacial score (nSPS) is 17.6. The summed E-state index contributed by atoms with van der Waals surface area (Å²) >= 11 is 0. The van der Waals surface area contributed by atoms with Gasteiger partial charge in [0.15, 0.2) is 0 Å². The van der Waals surface area contributed by atoms with Gasteiger partial charge in [-0.3, -0.25) is 4.79 Å². The molecule has 1 fully saturated rings. The Labute approximate surface area is 138 Å². The van der Waals surface area contributed by atoms with Gasteiger partial charge in [0, 0.05) is 24.7 Å². The van der Waals surface area contributed by atoms with Crippen LogP contribution in [0.1, 0.15) is 38.7 Å². The van der Waals surface area contributed by atoms with Crippen molar-refractivity contribution < 1.29 is 13.2 Å². The fourth-order valence-corrected chi connectivity index (χ4v) is 3.99. The van der Waals surface area contributed by atoms with Crippen LogP contribution in [0.5, 0.6) is 0 Å². The summed E-state index contributed by atoms with van der Waals surface area (Å²) in [4.78, 5) is 14.4. The van der Waals surface area contributed by atoms with Crippen LogP contribution in [0.4, 0.5) is 5.69 Å². The first-order valence-corrected chi connectivity index (χ1v) is 9.81. The van der Waals surface area contributed by atoms with E-state index in [1.54, 1.807) is 18.2 Å². The molecule has 23 heavy (non-hydrogen) atoms. The minimum atomic E-state index is -3.47. The molecule has 0 aromatic heterocycles. The highest BCUT2D eigenvalue weighted by molar-refractivity contribution is 7.89. The topological polar surface area (TPSA) is 66.5 Å². The SMILES string of the molecule is CC(C)CCNS(=O)(=O)c1ccc2c(c1)CCN2C(=O)C1CC1. The van der Waals surface area contributed by atoms with Crippen molar-refractivity contribution in [1.82, 2.24) is 4.72 Å². The molecule has 0 bridgehead atoms. The fraction of sp³-hybridized carbons (Fsp3) is 0.588. The Balaban J connectivity index is 1.75. The first kappa shape index (κ1) is 16.5. The Morgan fingerprint density at radius 3 is 2.74 bits per heavy atom. The number of carbonyl (C=O) groups excluding carboxylic acids is 1. The summed E-state index contributed by atoms with van der Waals surface area (Å²) < 4.78 is 27.4. The first-order chi connectivity index (χ1) is 10.9. The van der Waals surface area contributed by atoms with Crippen LogP contribution < -0.4 is 9.62 Å². The van der Waals surface area contributed by atoms with E-state index >= 15 is 0 Å². The second kappa shape index (κ2) is 6.24. The first-order valence-electron chi connectivity index (χ1n) is 8.32. The lowest BCUT2D eigenvalue weighted by Gasteiger charge is -2.17. The summed E-state index contributed by atoms with van der Waals surface area (Å²) in [6.45, 7) is 5.24. The van der Waals surface area contributed by atoms with Crippen molar-refractivity contribution in [1.29, 1.82) is 0 Å². The predicted octanol–water partition coefficient (Wildman–Crippen LogP) is 2.31. The number of fused-ring (bicyclic) bond motifs is 1. The number of sulfonamides is 1. The Hall–Kier alpha value is -1.40. The van der Waals surface area contributed by atoms with Gasteiger partial charge in [-0.1, -0.05) is 13.8 Å². The van der Waals surface area contributed by atoms with E-state index in [0.29, 0.717) is 23.9 Å². The van der Waals surface area contributed by atoms with Crippen molar-refractivity contribution in [2.75, 3.05) is 18.0 Å². The van der Waals surface area contributed by atoms with Gasteiger partial charge in [0.1, 0.15) is 0 Å². The average Bonchev–Trinajstić information content (AvgIpc) is 3.25. The number of amides is 1. The fourth-order valence-electron chi connectivity index (χ4n) is 2.89. The second-order valence-corrected chi connectivity index (χ2v) is 8.65. The van der Waals surface area contributed by atoms with E-state index in [-0.39, 0.29) is 11.8 Å². The summed E-state index contributed by atoms with van der Waals surface area (Å²) in [6, 6.07) is 5.10. The minimum Gasteiger partial charge on any atom is -0.312 e. The lowest BCUT2D eigenvalue weighted by atomic mass is 10.1. The van der Waals surface area contributed by atoms with Crippen molar-refractivity contribution in [3.63, 3.8) is 0 Å². The van der Waals surface area contributed by atoms with E-state index in [0.717, 1.165) is 36.9 Å². The number of anilines is 1. The van der Waals surface area contributed by atoms with E-state index in [4.69, 9.17) is 0 Å². The molecule has 1 aromatic rings. The molecule has 6 heteroatoms. The molecule has 1 heterocycles. The van der Waals surface area contributed by atoms with Gasteiger partial charge in [0.05, 0.1) is 4.90 Å². The van der Waals surface area contributed by atoms with E-state index in [1.165, 1.54) is 0 Å². The van der Waals surface area contributed by atoms with Crippen molar-refractivity contribution in [2.24, 2.45) is 11.8 Å². The molecular formula is C17H24N2O3S. The molecule has 1 aliphatic heterocycles. The van der Waals surface area contributed by atoms with Crippen LogP contribution in [0.3, 0.4) is 0 Å². The highest BCUT2D eigenvalue weighted by Crippen LogP contribution is 2.37. The van der Waals surface area contributed by atoms with Crippen molar-refractivity contribution in [3.8, 4) is 0 Å². The molecule has 2 aliphatic rings. The van der Waals surface area contributed by atoms with Crippen LogP contribution in [0, 0.1) is 11.8 Å². The average molecular weight is 336 g/mol. The van der Waals surface area contributed by atoms with Crippen LogP contribution in [-0.2, 0) is 21.2 Å². The van der Waals surface area contributed by atoms with Gasteiger partial charge >= 0.3 is 0 Å². The standard InChI is InChI=1S/C17H24N2O3S/c1-12(2)7-9-18-23(21,22)15-5-6-16-14(11-15)8-10-19(16)17(20)13-3-4-13/h5-6,11-13,18H,3-4,7-10H2,1-2H3. The maximum absolute atomic E-state index is 12.4. The molecule has 1 amide bonds. The summed E-state index contributed by atoms with van der Waals surface area (Å²) in [6.07, 6.45) is 3.50. The van der Waals surface area contributed by atoms with Crippen molar-refractivity contribution in [3.05, 3.63) is 23.8 Å². The third kappa shape index (κ3) is 3.58. The van der Waals surface area contributed by atoms with Crippen molar-refractivity contribution in [2.45, 2.75) is 44.4 Å².